The summed E-state index contributed by atoms with van der Waals surface area (Å²) in [4.78, 5) is 131. The van der Waals surface area contributed by atoms with Crippen molar-refractivity contribution in [3.8, 4) is 0 Å². The summed E-state index contributed by atoms with van der Waals surface area (Å²) in [5.41, 5.74) is 2.53. The minimum Gasteiger partial charge on any atom is -0.344 e. The van der Waals surface area contributed by atoms with Crippen molar-refractivity contribution in [3.05, 3.63) is 70.8 Å². The average molecular weight is 907 g/mol. The summed E-state index contributed by atoms with van der Waals surface area (Å²) in [6, 6.07) is 11.2. The second-order valence-corrected chi connectivity index (χ2v) is 17.5. The van der Waals surface area contributed by atoms with Gasteiger partial charge in [0.05, 0.1) is 10.5 Å². The second kappa shape index (κ2) is 25.1. The third-order valence-corrected chi connectivity index (χ3v) is 12.9. The third-order valence-electron chi connectivity index (χ3n) is 11.1. The molecule has 2 fully saturated rings. The van der Waals surface area contributed by atoms with Gasteiger partial charge in [-0.1, -0.05) is 38.1 Å². The van der Waals surface area contributed by atoms with E-state index in [1.165, 1.54) is 33.3 Å². The molecular formula is C45H58N6O10S2. The number of nitrogens with zero attached hydrogens (tertiary/aromatic N) is 2. The first-order valence-electron chi connectivity index (χ1n) is 21.4. The Morgan fingerprint density at radius 2 is 0.937 bits per heavy atom. The number of rotatable bonds is 24. The highest BCUT2D eigenvalue weighted by atomic mass is 32.2. The predicted octanol–water partition coefficient (Wildman–Crippen LogP) is 3.49. The number of carbonyl (C=O) groups is 10. The highest BCUT2D eigenvalue weighted by Crippen LogP contribution is 2.25. The Bertz CT molecular complexity index is 1870. The van der Waals surface area contributed by atoms with Gasteiger partial charge in [0.2, 0.25) is 47.3 Å². The molecular weight excluding hydrogens is 849 g/mol. The monoisotopic (exact) mass is 906 g/mol. The Morgan fingerprint density at radius 3 is 1.25 bits per heavy atom. The number of nitrogens with one attached hydrogen (secondary N) is 4. The van der Waals surface area contributed by atoms with Crippen LogP contribution in [0.25, 0.3) is 0 Å². The number of thioether (sulfide) groups is 2. The van der Waals surface area contributed by atoms with Gasteiger partial charge in [0, 0.05) is 49.9 Å². The molecule has 340 valence electrons. The molecule has 0 saturated carbocycles. The van der Waals surface area contributed by atoms with Crippen LogP contribution in [0.15, 0.2) is 48.5 Å². The van der Waals surface area contributed by atoms with Crippen LogP contribution in [-0.2, 0) is 51.2 Å². The fourth-order valence-corrected chi connectivity index (χ4v) is 8.46. The van der Waals surface area contributed by atoms with E-state index in [2.05, 4.69) is 21.3 Å². The lowest BCUT2D eigenvalue weighted by molar-refractivity contribution is -0.139. The molecule has 2 saturated heterocycles. The molecule has 18 heteroatoms. The number of likely N-dealkylation sites (tertiary alicyclic amines) is 2. The summed E-state index contributed by atoms with van der Waals surface area (Å²) in [7, 11) is 0. The Balaban J connectivity index is 1.34. The van der Waals surface area contributed by atoms with Gasteiger partial charge in [-0.3, -0.25) is 68.4 Å². The van der Waals surface area contributed by atoms with E-state index in [1.807, 2.05) is 13.8 Å². The predicted molar refractivity (Wildman–Crippen MR) is 239 cm³/mol. The smallest absolute Gasteiger partial charge is 0.257 e. The molecule has 0 bridgehead atoms. The van der Waals surface area contributed by atoms with Gasteiger partial charge in [-0.15, -0.1) is 0 Å². The number of amides is 10. The van der Waals surface area contributed by atoms with Crippen LogP contribution >= 0.6 is 23.5 Å². The topological polar surface area (TPSA) is 225 Å². The molecule has 10 amide bonds. The van der Waals surface area contributed by atoms with Gasteiger partial charge < -0.3 is 10.6 Å². The minimum absolute atomic E-state index is 0.0251. The van der Waals surface area contributed by atoms with E-state index in [0.717, 1.165) is 24.0 Å². The Labute approximate surface area is 376 Å². The number of unbranched alkanes of at least 4 members (excludes halogenated alkanes) is 2. The molecule has 0 radical (unpaired) electrons. The molecule has 16 nitrogen and oxygen atoms in total. The number of hydrogen-bond acceptors (Lipinski definition) is 12. The fourth-order valence-electron chi connectivity index (χ4n) is 7.19. The number of benzene rings is 2. The highest BCUT2D eigenvalue weighted by molar-refractivity contribution is 8.00. The van der Waals surface area contributed by atoms with E-state index in [4.69, 9.17) is 0 Å². The van der Waals surface area contributed by atoms with Gasteiger partial charge in [-0.25, -0.2) is 0 Å². The second-order valence-electron chi connectivity index (χ2n) is 15.4. The van der Waals surface area contributed by atoms with E-state index in [9.17, 15) is 47.9 Å². The third kappa shape index (κ3) is 14.9. The normalized spacial score (nSPS) is 17.1. The Hall–Kier alpha value is -5.36. The number of imide groups is 4. The van der Waals surface area contributed by atoms with E-state index in [0.29, 0.717) is 25.7 Å². The summed E-state index contributed by atoms with van der Waals surface area (Å²) in [6.07, 6.45) is 6.56. The Morgan fingerprint density at radius 1 is 0.571 bits per heavy atom. The standard InChI is InChI=1S/C45H58N6O10S2/c1-5-28-16-20-30(21-17-28)40(56)48-42(58)32(12-7-9-24-50-38(54)26-34(62-3)44(50)60)46-36(52)14-11-15-37(53)47-33(13-8-10-25-51-39(55)27-35(63-4)45(51)61)43(59)49-41(57)31-22-18-29(6-2)19-23-31/h16-23,32-35H,5-15,24-27H2,1-4H3,(H,46,52)(H,47,53)(H,48,56,58)(H,49,57,59). The zero-order valence-electron chi connectivity index (χ0n) is 36.3. The summed E-state index contributed by atoms with van der Waals surface area (Å²) in [5.74, 6) is -4.95. The van der Waals surface area contributed by atoms with Crippen LogP contribution in [0.1, 0.15) is 116 Å². The first kappa shape index (κ1) is 50.3. The van der Waals surface area contributed by atoms with Crippen LogP contribution in [0.3, 0.4) is 0 Å². The SMILES string of the molecule is CCc1ccc(C(=O)NC(=O)C(CCCCN2C(=O)CC(SC)C2=O)NC(=O)CCCC(=O)NC(CCCCN2C(=O)CC(SC)C2=O)C(=O)NC(=O)c2ccc(CC)cc2)cc1. The Kier molecular flexibility index (Phi) is 20.0. The molecule has 4 N–H and O–H groups in total. The zero-order chi connectivity index (χ0) is 46.1. The number of aryl methyl sites for hydroxylation is 2. The maximum absolute atomic E-state index is 13.4. The summed E-state index contributed by atoms with van der Waals surface area (Å²) in [6.45, 7) is 4.26. The van der Waals surface area contributed by atoms with Crippen LogP contribution in [0.4, 0.5) is 0 Å². The number of hydrogen-bond donors (Lipinski definition) is 4. The first-order chi connectivity index (χ1) is 30.2. The van der Waals surface area contributed by atoms with E-state index in [1.54, 1.807) is 61.0 Å². The van der Waals surface area contributed by atoms with Crippen LogP contribution in [0.2, 0.25) is 0 Å². The van der Waals surface area contributed by atoms with Gasteiger partial charge in [-0.2, -0.15) is 23.5 Å². The lowest BCUT2D eigenvalue weighted by Crippen LogP contribution is -2.49. The molecule has 4 atom stereocenters. The molecule has 4 unspecified atom stereocenters. The molecule has 2 heterocycles. The molecule has 2 aliphatic rings. The van der Waals surface area contributed by atoms with Crippen molar-refractivity contribution in [2.24, 2.45) is 0 Å². The van der Waals surface area contributed by atoms with Gasteiger partial charge in [0.25, 0.3) is 11.8 Å². The van der Waals surface area contributed by atoms with Crippen molar-refractivity contribution < 1.29 is 47.9 Å². The summed E-state index contributed by atoms with van der Waals surface area (Å²) < 4.78 is 0. The molecule has 0 spiro atoms. The van der Waals surface area contributed by atoms with Crippen molar-refractivity contribution in [2.75, 3.05) is 25.6 Å². The zero-order valence-corrected chi connectivity index (χ0v) is 38.0. The van der Waals surface area contributed by atoms with Gasteiger partial charge in [-0.05, 0) is 106 Å². The van der Waals surface area contributed by atoms with Crippen LogP contribution in [-0.4, -0.2) is 117 Å². The minimum atomic E-state index is -1.14. The number of carbonyl (C=O) groups excluding carboxylic acids is 10. The van der Waals surface area contributed by atoms with E-state index < -0.39 is 58.0 Å². The molecule has 0 aliphatic carbocycles. The molecule has 2 aromatic carbocycles. The van der Waals surface area contributed by atoms with Gasteiger partial charge in [0.1, 0.15) is 12.1 Å². The van der Waals surface area contributed by atoms with Gasteiger partial charge >= 0.3 is 0 Å². The van der Waals surface area contributed by atoms with Crippen molar-refractivity contribution in [3.63, 3.8) is 0 Å². The van der Waals surface area contributed by atoms with E-state index >= 15 is 0 Å². The molecule has 4 rings (SSSR count). The molecule has 0 aromatic heterocycles. The highest BCUT2D eigenvalue weighted by Gasteiger charge is 2.38. The quantitative estimate of drug-likeness (QED) is 0.0878. The molecule has 2 aromatic rings. The van der Waals surface area contributed by atoms with Crippen LogP contribution in [0.5, 0.6) is 0 Å². The van der Waals surface area contributed by atoms with Gasteiger partial charge in [0.15, 0.2) is 0 Å². The average Bonchev–Trinajstić information content (AvgIpc) is 3.72. The maximum Gasteiger partial charge on any atom is 0.257 e. The maximum atomic E-state index is 13.4. The van der Waals surface area contributed by atoms with Crippen molar-refractivity contribution in [1.82, 2.24) is 31.1 Å². The lowest BCUT2D eigenvalue weighted by atomic mass is 10.1. The fraction of sp³-hybridized carbons (Fsp3) is 0.511. The molecule has 2 aliphatic heterocycles. The lowest BCUT2D eigenvalue weighted by Gasteiger charge is -2.20. The first-order valence-corrected chi connectivity index (χ1v) is 24.0. The van der Waals surface area contributed by atoms with Crippen LogP contribution in [0, 0.1) is 0 Å². The van der Waals surface area contributed by atoms with E-state index in [-0.39, 0.29) is 92.8 Å². The van der Waals surface area contributed by atoms with Crippen molar-refractivity contribution in [1.29, 1.82) is 0 Å². The van der Waals surface area contributed by atoms with Crippen molar-refractivity contribution in [2.45, 2.75) is 120 Å². The largest absolute Gasteiger partial charge is 0.344 e. The summed E-state index contributed by atoms with van der Waals surface area (Å²) >= 11 is 2.62. The summed E-state index contributed by atoms with van der Waals surface area (Å²) in [5, 5.41) is 9.18. The van der Waals surface area contributed by atoms with Crippen LogP contribution < -0.4 is 21.3 Å². The van der Waals surface area contributed by atoms with Crippen molar-refractivity contribution >= 4 is 82.6 Å². The molecule has 63 heavy (non-hydrogen) atoms.